The first-order valence-electron chi connectivity index (χ1n) is 9.23. The summed E-state index contributed by atoms with van der Waals surface area (Å²) in [5.74, 6) is 0. The van der Waals surface area contributed by atoms with Crippen LogP contribution in [0.2, 0.25) is 0 Å². The van der Waals surface area contributed by atoms with Gasteiger partial charge < -0.3 is 4.40 Å². The molecule has 0 radical (unpaired) electrons. The molecule has 0 bridgehead atoms. The van der Waals surface area contributed by atoms with Gasteiger partial charge in [-0.25, -0.2) is 4.57 Å². The van der Waals surface area contributed by atoms with Crippen LogP contribution in [0.25, 0.3) is 28.0 Å². The minimum Gasteiger partial charge on any atom is -0.316 e. The summed E-state index contributed by atoms with van der Waals surface area (Å²) in [6.07, 6.45) is 5.44. The van der Waals surface area contributed by atoms with E-state index in [2.05, 4.69) is 91.6 Å². The van der Waals surface area contributed by atoms with Crippen LogP contribution in [0, 0.1) is 20.8 Å². The van der Waals surface area contributed by atoms with Gasteiger partial charge in [-0.2, -0.15) is 0 Å². The highest BCUT2D eigenvalue weighted by Gasteiger charge is 2.28. The van der Waals surface area contributed by atoms with E-state index in [1.165, 1.54) is 55.8 Å². The Morgan fingerprint density at radius 1 is 0.923 bits per heavy atom. The maximum absolute atomic E-state index is 2.34. The molecule has 2 heteroatoms. The van der Waals surface area contributed by atoms with Crippen LogP contribution in [0.1, 0.15) is 27.8 Å². The summed E-state index contributed by atoms with van der Waals surface area (Å²) in [6, 6.07) is 15.7. The topological polar surface area (TPSA) is 8.29 Å². The van der Waals surface area contributed by atoms with E-state index >= 15 is 0 Å². The second-order valence-corrected chi connectivity index (χ2v) is 7.61. The fourth-order valence-corrected chi connectivity index (χ4v) is 4.47. The van der Waals surface area contributed by atoms with Crippen molar-refractivity contribution in [2.45, 2.75) is 27.2 Å². The van der Waals surface area contributed by atoms with Crippen molar-refractivity contribution in [3.8, 4) is 22.5 Å². The van der Waals surface area contributed by atoms with Crippen molar-refractivity contribution in [1.82, 2.24) is 4.40 Å². The Morgan fingerprint density at radius 2 is 1.77 bits per heavy atom. The summed E-state index contributed by atoms with van der Waals surface area (Å²) in [5, 5.41) is 0. The third kappa shape index (κ3) is 2.02. The number of benzene rings is 1. The van der Waals surface area contributed by atoms with Crippen LogP contribution in [0.15, 0.2) is 54.9 Å². The molecule has 0 aliphatic heterocycles. The molecule has 0 saturated carbocycles. The van der Waals surface area contributed by atoms with Crippen molar-refractivity contribution in [2.24, 2.45) is 7.05 Å². The lowest BCUT2D eigenvalue weighted by Crippen LogP contribution is -2.32. The van der Waals surface area contributed by atoms with E-state index in [4.69, 9.17) is 0 Å². The molecule has 4 aromatic rings. The SMILES string of the molecule is Cc1cc(-c2c(C)ccc3c2Cc2cc4ccccn4c2-3)[n+](C)cc1C. The molecular formula is C24H23N2+. The van der Waals surface area contributed by atoms with Gasteiger partial charge >= 0.3 is 0 Å². The third-order valence-corrected chi connectivity index (χ3v) is 5.90. The molecule has 0 spiro atoms. The first-order valence-corrected chi connectivity index (χ1v) is 9.23. The molecule has 26 heavy (non-hydrogen) atoms. The molecular weight excluding hydrogens is 316 g/mol. The number of pyridine rings is 2. The molecule has 0 N–H and O–H groups in total. The normalized spacial score (nSPS) is 12.5. The van der Waals surface area contributed by atoms with E-state index < -0.39 is 0 Å². The molecule has 0 saturated heterocycles. The predicted molar refractivity (Wildman–Crippen MR) is 106 cm³/mol. The predicted octanol–water partition coefficient (Wildman–Crippen LogP) is 4.93. The number of nitrogens with zero attached hydrogens (tertiary/aromatic N) is 2. The Balaban J connectivity index is 1.81. The van der Waals surface area contributed by atoms with Crippen molar-refractivity contribution < 1.29 is 4.57 Å². The quantitative estimate of drug-likeness (QED) is 0.383. The number of hydrogen-bond acceptors (Lipinski definition) is 0. The average Bonchev–Trinajstić information content (AvgIpc) is 3.14. The molecule has 0 unspecified atom stereocenters. The Bertz CT molecular complexity index is 1190. The minimum absolute atomic E-state index is 1.01. The van der Waals surface area contributed by atoms with E-state index in [9.17, 15) is 0 Å². The maximum atomic E-state index is 2.34. The first-order chi connectivity index (χ1) is 12.5. The summed E-state index contributed by atoms with van der Waals surface area (Å²) in [5.41, 5.74) is 13.7. The molecule has 3 aromatic heterocycles. The lowest BCUT2D eigenvalue weighted by Gasteiger charge is -2.13. The number of hydrogen-bond donors (Lipinski definition) is 0. The summed E-state index contributed by atoms with van der Waals surface area (Å²) < 4.78 is 4.61. The fraction of sp³-hybridized carbons (Fsp3) is 0.208. The summed E-state index contributed by atoms with van der Waals surface area (Å²) in [6.45, 7) is 6.62. The zero-order chi connectivity index (χ0) is 18.0. The molecule has 2 nitrogen and oxygen atoms in total. The average molecular weight is 339 g/mol. The van der Waals surface area contributed by atoms with Crippen molar-refractivity contribution >= 4 is 5.52 Å². The molecule has 0 fully saturated rings. The summed E-state index contributed by atoms with van der Waals surface area (Å²) in [4.78, 5) is 0. The molecule has 1 aromatic carbocycles. The van der Waals surface area contributed by atoms with Gasteiger partial charge in [-0.1, -0.05) is 18.2 Å². The van der Waals surface area contributed by atoms with Gasteiger partial charge in [0.2, 0.25) is 5.69 Å². The van der Waals surface area contributed by atoms with E-state index in [1.54, 1.807) is 0 Å². The molecule has 1 aliphatic rings. The zero-order valence-electron chi connectivity index (χ0n) is 15.8. The minimum atomic E-state index is 1.01. The van der Waals surface area contributed by atoms with Gasteiger partial charge in [0.25, 0.3) is 0 Å². The molecule has 0 atom stereocenters. The van der Waals surface area contributed by atoms with E-state index in [0.717, 1.165) is 6.42 Å². The van der Waals surface area contributed by atoms with E-state index in [0.29, 0.717) is 0 Å². The number of fused-ring (bicyclic) bond motifs is 5. The third-order valence-electron chi connectivity index (χ3n) is 5.90. The van der Waals surface area contributed by atoms with E-state index in [-0.39, 0.29) is 0 Å². The van der Waals surface area contributed by atoms with Crippen molar-refractivity contribution in [2.75, 3.05) is 0 Å². The Kier molecular flexibility index (Phi) is 3.14. The zero-order valence-corrected chi connectivity index (χ0v) is 15.8. The summed E-state index contributed by atoms with van der Waals surface area (Å²) >= 11 is 0. The Morgan fingerprint density at radius 3 is 2.62 bits per heavy atom. The van der Waals surface area contributed by atoms with Crippen LogP contribution in [-0.2, 0) is 13.5 Å². The van der Waals surface area contributed by atoms with Gasteiger partial charge in [0.05, 0.1) is 11.3 Å². The molecule has 0 amide bonds. The van der Waals surface area contributed by atoms with Crippen molar-refractivity contribution in [3.05, 3.63) is 82.7 Å². The molecule has 1 aliphatic carbocycles. The van der Waals surface area contributed by atoms with Gasteiger partial charge in [0.1, 0.15) is 7.05 Å². The monoisotopic (exact) mass is 339 g/mol. The fourth-order valence-electron chi connectivity index (χ4n) is 4.47. The Hall–Kier alpha value is -2.87. The smallest absolute Gasteiger partial charge is 0.213 e. The van der Waals surface area contributed by atoms with Crippen LogP contribution in [0.4, 0.5) is 0 Å². The largest absolute Gasteiger partial charge is 0.316 e. The number of aromatic nitrogens is 2. The van der Waals surface area contributed by atoms with Crippen LogP contribution in [0.5, 0.6) is 0 Å². The highest BCUT2D eigenvalue weighted by atomic mass is 14.9. The summed E-state index contributed by atoms with van der Waals surface area (Å²) in [7, 11) is 2.16. The lowest BCUT2D eigenvalue weighted by molar-refractivity contribution is -0.660. The molecule has 5 rings (SSSR count). The van der Waals surface area contributed by atoms with Gasteiger partial charge in [0, 0.05) is 35.3 Å². The Labute approximate surface area is 154 Å². The van der Waals surface area contributed by atoms with Crippen LogP contribution >= 0.6 is 0 Å². The van der Waals surface area contributed by atoms with Crippen LogP contribution in [0.3, 0.4) is 0 Å². The van der Waals surface area contributed by atoms with Gasteiger partial charge in [-0.15, -0.1) is 0 Å². The molecule has 128 valence electrons. The van der Waals surface area contributed by atoms with Crippen molar-refractivity contribution in [3.63, 3.8) is 0 Å². The number of rotatable bonds is 1. The molecule has 3 heterocycles. The standard InChI is InChI=1S/C24H23N2/c1-15-8-9-20-21(23(15)22-11-16(2)17(3)14-25(22)4)13-18-12-19-7-5-6-10-26(19)24(18)20/h5-12,14H,13H2,1-4H3/q+1. The maximum Gasteiger partial charge on any atom is 0.213 e. The van der Waals surface area contributed by atoms with Crippen LogP contribution in [-0.4, -0.2) is 4.40 Å². The lowest BCUT2D eigenvalue weighted by atomic mass is 9.93. The second-order valence-electron chi connectivity index (χ2n) is 7.61. The van der Waals surface area contributed by atoms with Crippen LogP contribution < -0.4 is 4.57 Å². The van der Waals surface area contributed by atoms with E-state index in [1.807, 2.05) is 0 Å². The van der Waals surface area contributed by atoms with Gasteiger partial charge in [0.15, 0.2) is 6.20 Å². The second kappa shape index (κ2) is 5.31. The first kappa shape index (κ1) is 15.4. The van der Waals surface area contributed by atoms with Gasteiger partial charge in [-0.3, -0.25) is 0 Å². The number of aryl methyl sites for hydroxylation is 4. The van der Waals surface area contributed by atoms with Crippen molar-refractivity contribution in [1.29, 1.82) is 0 Å². The highest BCUT2D eigenvalue weighted by Crippen LogP contribution is 2.43. The van der Waals surface area contributed by atoms with Gasteiger partial charge in [-0.05, 0) is 61.2 Å². The highest BCUT2D eigenvalue weighted by molar-refractivity contribution is 5.86.